The van der Waals surface area contributed by atoms with Crippen LogP contribution in [0.1, 0.15) is 32.6 Å². The summed E-state index contributed by atoms with van der Waals surface area (Å²) in [6, 6.07) is 33.0. The lowest BCUT2D eigenvalue weighted by Crippen LogP contribution is -2.28. The van der Waals surface area contributed by atoms with Gasteiger partial charge in [0.15, 0.2) is 9.51 Å². The number of fused-ring (bicyclic) bond motifs is 1. The Morgan fingerprint density at radius 2 is 1.55 bits per heavy atom. The van der Waals surface area contributed by atoms with E-state index >= 15 is 0 Å². The summed E-state index contributed by atoms with van der Waals surface area (Å²) < 4.78 is 1.45. The van der Waals surface area contributed by atoms with Crippen LogP contribution < -0.4 is 10.2 Å². The number of hydrogen-bond donors (Lipinski definition) is 1. The first-order chi connectivity index (χ1) is 24.6. The number of rotatable bonds is 8. The highest BCUT2D eigenvalue weighted by molar-refractivity contribution is 8.19. The van der Waals surface area contributed by atoms with Crippen LogP contribution in [0.5, 0.6) is 0 Å². The summed E-state index contributed by atoms with van der Waals surface area (Å²) in [5, 5.41) is 15.7. The predicted octanol–water partition coefficient (Wildman–Crippen LogP) is 10.3. The Kier molecular flexibility index (Phi) is 9.54. The molecule has 12 heteroatoms. The number of amides is 2. The van der Waals surface area contributed by atoms with Crippen LogP contribution in [0.25, 0.3) is 16.3 Å². The van der Waals surface area contributed by atoms with Gasteiger partial charge in [-0.25, -0.2) is 9.98 Å². The third-order valence-electron chi connectivity index (χ3n) is 7.97. The number of thioether (sulfide) groups is 1. The lowest BCUT2D eigenvalue weighted by atomic mass is 10.1. The standard InChI is InChI=1S/C39H29N5O4S3/c1-23-4-11-27(12-5-23)36(45)40-29-15-18-31-34(22-29)51-39(42-31)50-33-19-10-26(20-32(33)44(47)48)21-35-37(46)43(30-16-8-25(3)9-17-30)38(49-35)41-28-13-6-24(2)7-14-28/h4-22H,1-3H3,(H,40,45)/b35-21-,41-38?. The molecular formula is C39H29N5O4S3. The average molecular weight is 728 g/mol. The lowest BCUT2D eigenvalue weighted by molar-refractivity contribution is -0.387. The molecule has 0 radical (unpaired) electrons. The van der Waals surface area contributed by atoms with Crippen molar-refractivity contribution in [2.45, 2.75) is 30.0 Å². The van der Waals surface area contributed by atoms with Crippen molar-refractivity contribution in [1.29, 1.82) is 0 Å². The highest BCUT2D eigenvalue weighted by Crippen LogP contribution is 2.41. The molecule has 1 N–H and O–H groups in total. The summed E-state index contributed by atoms with van der Waals surface area (Å²) in [6.45, 7) is 5.94. The number of hydrogen-bond acceptors (Lipinski definition) is 9. The van der Waals surface area contributed by atoms with Crippen LogP contribution in [0.2, 0.25) is 0 Å². The maximum atomic E-state index is 13.8. The Hall–Kier alpha value is -5.56. The van der Waals surface area contributed by atoms with E-state index in [1.165, 1.54) is 40.9 Å². The number of nitrogens with one attached hydrogen (secondary N) is 1. The van der Waals surface area contributed by atoms with Crippen molar-refractivity contribution in [2.75, 3.05) is 10.2 Å². The van der Waals surface area contributed by atoms with Gasteiger partial charge in [-0.15, -0.1) is 11.3 Å². The molecule has 0 saturated carbocycles. The minimum absolute atomic E-state index is 0.0981. The molecule has 1 aliphatic heterocycles. The minimum Gasteiger partial charge on any atom is -0.322 e. The molecule has 9 nitrogen and oxygen atoms in total. The van der Waals surface area contributed by atoms with Gasteiger partial charge in [0.25, 0.3) is 17.5 Å². The Balaban J connectivity index is 1.14. The van der Waals surface area contributed by atoms with Crippen LogP contribution in [0, 0.1) is 30.9 Å². The fraction of sp³-hybridized carbons (Fsp3) is 0.0769. The maximum absolute atomic E-state index is 13.8. The molecule has 0 atom stereocenters. The van der Waals surface area contributed by atoms with Crippen LogP contribution in [-0.2, 0) is 4.79 Å². The molecule has 1 saturated heterocycles. The van der Waals surface area contributed by atoms with Crippen LogP contribution in [0.3, 0.4) is 0 Å². The van der Waals surface area contributed by atoms with Gasteiger partial charge in [-0.1, -0.05) is 70.9 Å². The summed E-state index contributed by atoms with van der Waals surface area (Å²) in [5.74, 6) is -0.478. The van der Waals surface area contributed by atoms with Crippen molar-refractivity contribution in [3.05, 3.63) is 152 Å². The van der Waals surface area contributed by atoms with E-state index in [2.05, 4.69) is 10.3 Å². The third kappa shape index (κ3) is 7.63. The maximum Gasteiger partial charge on any atom is 0.283 e. The number of nitro groups is 1. The first-order valence-corrected chi connectivity index (χ1v) is 18.3. The molecular weight excluding hydrogens is 699 g/mol. The molecule has 0 aliphatic carbocycles. The van der Waals surface area contributed by atoms with Gasteiger partial charge in [0.2, 0.25) is 0 Å². The van der Waals surface area contributed by atoms with E-state index in [0.717, 1.165) is 26.9 Å². The fourth-order valence-electron chi connectivity index (χ4n) is 5.23. The Morgan fingerprint density at radius 3 is 2.24 bits per heavy atom. The van der Waals surface area contributed by atoms with Gasteiger partial charge in [0.05, 0.1) is 36.3 Å². The van der Waals surface area contributed by atoms with Crippen LogP contribution in [0.4, 0.5) is 22.7 Å². The number of thiazole rings is 1. The zero-order chi connectivity index (χ0) is 35.6. The van der Waals surface area contributed by atoms with Crippen molar-refractivity contribution in [2.24, 2.45) is 4.99 Å². The van der Waals surface area contributed by atoms with Crippen LogP contribution >= 0.6 is 34.9 Å². The molecule has 0 spiro atoms. The van der Waals surface area contributed by atoms with E-state index in [0.29, 0.717) is 47.5 Å². The molecule has 1 fully saturated rings. The van der Waals surface area contributed by atoms with Gasteiger partial charge in [-0.2, -0.15) is 0 Å². The number of benzene rings is 5. The van der Waals surface area contributed by atoms with E-state index in [9.17, 15) is 19.7 Å². The number of amidine groups is 1. The molecule has 5 aromatic carbocycles. The summed E-state index contributed by atoms with van der Waals surface area (Å²) in [7, 11) is 0. The quantitative estimate of drug-likeness (QED) is 0.0942. The number of nitro benzene ring substituents is 1. The number of aromatic nitrogens is 1. The zero-order valence-electron chi connectivity index (χ0n) is 27.6. The van der Waals surface area contributed by atoms with Crippen LogP contribution in [0.15, 0.2) is 128 Å². The second-order valence-corrected chi connectivity index (χ2v) is 15.2. The minimum atomic E-state index is -0.428. The highest BCUT2D eigenvalue weighted by Gasteiger charge is 2.35. The molecule has 2 heterocycles. The molecule has 1 aromatic heterocycles. The van der Waals surface area contributed by atoms with Gasteiger partial charge in [0.1, 0.15) is 0 Å². The van der Waals surface area contributed by atoms with Gasteiger partial charge in [0, 0.05) is 17.3 Å². The number of anilines is 2. The predicted molar refractivity (Wildman–Crippen MR) is 208 cm³/mol. The normalized spacial score (nSPS) is 14.5. The summed E-state index contributed by atoms with van der Waals surface area (Å²) in [5.41, 5.74) is 6.95. The largest absolute Gasteiger partial charge is 0.322 e. The summed E-state index contributed by atoms with van der Waals surface area (Å²) >= 11 is 3.80. The second kappa shape index (κ2) is 14.4. The van der Waals surface area contributed by atoms with Crippen molar-refractivity contribution in [1.82, 2.24) is 4.98 Å². The number of carbonyl (C=O) groups excluding carboxylic acids is 2. The van der Waals surface area contributed by atoms with Crippen molar-refractivity contribution >= 4 is 90.9 Å². The molecule has 6 aromatic rings. The van der Waals surface area contributed by atoms with Crippen LogP contribution in [-0.4, -0.2) is 26.9 Å². The number of aliphatic imine (C=N–C) groups is 1. The smallest absolute Gasteiger partial charge is 0.283 e. The average Bonchev–Trinajstić information content (AvgIpc) is 3.65. The zero-order valence-corrected chi connectivity index (χ0v) is 30.1. The SMILES string of the molecule is Cc1ccc(N=C2S/C(=C\c3ccc(Sc4nc5ccc(NC(=O)c6ccc(C)cc6)cc5s4)c([N+](=O)[O-])c3)C(=O)N2c2ccc(C)cc2)cc1. The second-order valence-electron chi connectivity index (χ2n) is 11.9. The first kappa shape index (κ1) is 33.9. The first-order valence-electron chi connectivity index (χ1n) is 15.8. The highest BCUT2D eigenvalue weighted by atomic mass is 32.2. The monoisotopic (exact) mass is 727 g/mol. The van der Waals surface area contributed by atoms with Crippen molar-refractivity contribution in [3.8, 4) is 0 Å². The molecule has 7 rings (SSSR count). The lowest BCUT2D eigenvalue weighted by Gasteiger charge is -2.16. The molecule has 0 bridgehead atoms. The molecule has 1 aliphatic rings. The topological polar surface area (TPSA) is 118 Å². The molecule has 252 valence electrons. The van der Waals surface area contributed by atoms with E-state index in [1.54, 1.807) is 41.3 Å². The number of carbonyl (C=O) groups is 2. The van der Waals surface area contributed by atoms with Gasteiger partial charge in [-0.05, 0) is 105 Å². The van der Waals surface area contributed by atoms with Gasteiger partial charge in [-0.3, -0.25) is 24.6 Å². The van der Waals surface area contributed by atoms with E-state index < -0.39 is 4.92 Å². The number of nitrogens with zero attached hydrogens (tertiary/aromatic N) is 4. The Bertz CT molecular complexity index is 2390. The van der Waals surface area contributed by atoms with E-state index in [1.807, 2.05) is 93.6 Å². The third-order valence-corrected chi connectivity index (χ3v) is 11.1. The van der Waals surface area contributed by atoms with Crippen molar-refractivity contribution < 1.29 is 14.5 Å². The van der Waals surface area contributed by atoms with Gasteiger partial charge >= 0.3 is 0 Å². The van der Waals surface area contributed by atoms with E-state index in [-0.39, 0.29) is 17.5 Å². The summed E-state index contributed by atoms with van der Waals surface area (Å²) in [4.78, 5) is 50.2. The summed E-state index contributed by atoms with van der Waals surface area (Å²) in [6.07, 6.45) is 1.66. The van der Waals surface area contributed by atoms with Crippen molar-refractivity contribution in [3.63, 3.8) is 0 Å². The Labute approximate surface area is 306 Å². The van der Waals surface area contributed by atoms with Gasteiger partial charge < -0.3 is 5.32 Å². The molecule has 51 heavy (non-hydrogen) atoms. The number of aryl methyl sites for hydroxylation is 3. The van der Waals surface area contributed by atoms with E-state index in [4.69, 9.17) is 4.99 Å². The molecule has 2 amide bonds. The molecule has 0 unspecified atom stereocenters. The fourth-order valence-corrected chi connectivity index (χ4v) is 8.38. The Morgan fingerprint density at radius 1 is 0.882 bits per heavy atom.